The highest BCUT2D eigenvalue weighted by Crippen LogP contribution is 2.61. The molecule has 10 nitrogen and oxygen atoms in total. The summed E-state index contributed by atoms with van der Waals surface area (Å²) in [6.07, 6.45) is 9.04. The lowest BCUT2D eigenvalue weighted by atomic mass is 9.78. The minimum Gasteiger partial charge on any atom is -0.465 e. The molecule has 4 aliphatic heterocycles. The maximum absolute atomic E-state index is 14.5. The van der Waals surface area contributed by atoms with E-state index < -0.39 is 34.6 Å². The van der Waals surface area contributed by atoms with Gasteiger partial charge in [-0.15, -0.1) is 16.9 Å². The number of esters is 1. The number of cyclic esters (lactones) is 1. The van der Waals surface area contributed by atoms with Crippen LogP contribution in [0.4, 0.5) is 0 Å². The van der Waals surface area contributed by atoms with Gasteiger partial charge in [0.1, 0.15) is 18.2 Å². The van der Waals surface area contributed by atoms with Gasteiger partial charge < -0.3 is 19.6 Å². The van der Waals surface area contributed by atoms with Crippen molar-refractivity contribution >= 4 is 40.6 Å². The lowest BCUT2D eigenvalue weighted by molar-refractivity contribution is -0.154. The molecule has 5 heterocycles. The number of thioether (sulfide) groups is 1. The highest BCUT2D eigenvalue weighted by Gasteiger charge is 2.71. The molecule has 2 saturated heterocycles. The Morgan fingerprint density at radius 1 is 1.18 bits per heavy atom. The number of carbonyl (C=O) groups is 3. The second-order valence-corrected chi connectivity index (χ2v) is 12.6. The van der Waals surface area contributed by atoms with E-state index in [1.165, 1.54) is 11.8 Å². The zero-order chi connectivity index (χ0) is 27.3. The molecule has 2 fully saturated rings. The number of likely N-dealkylation sites (tertiary alicyclic amines) is 1. The fraction of sp³-hybridized carbons (Fsp3) is 0.536. The van der Waals surface area contributed by atoms with Crippen LogP contribution in [0.5, 0.6) is 0 Å². The Morgan fingerprint density at radius 2 is 2.00 bits per heavy atom. The van der Waals surface area contributed by atoms with Gasteiger partial charge in [-0.05, 0) is 30.9 Å². The number of ether oxygens (including phenoxy) is 1. The van der Waals surface area contributed by atoms with Gasteiger partial charge in [0.2, 0.25) is 11.8 Å². The van der Waals surface area contributed by atoms with E-state index in [0.29, 0.717) is 19.4 Å². The number of aliphatic hydroxyl groups is 1. The van der Waals surface area contributed by atoms with Crippen molar-refractivity contribution in [3.8, 4) is 0 Å². The van der Waals surface area contributed by atoms with E-state index in [1.54, 1.807) is 14.5 Å². The van der Waals surface area contributed by atoms with Crippen LogP contribution in [0.15, 0.2) is 48.6 Å². The van der Waals surface area contributed by atoms with Gasteiger partial charge in [-0.2, -0.15) is 0 Å². The quantitative estimate of drug-likeness (QED) is 0.428. The zero-order valence-corrected chi connectivity index (χ0v) is 22.9. The van der Waals surface area contributed by atoms with Crippen LogP contribution in [0.2, 0.25) is 0 Å². The molecule has 6 atom stereocenters. The third-order valence-electron chi connectivity index (χ3n) is 8.21. The Morgan fingerprint density at radius 3 is 2.79 bits per heavy atom. The normalized spacial score (nSPS) is 31.1. The van der Waals surface area contributed by atoms with E-state index in [2.05, 4.69) is 10.3 Å². The molecule has 0 saturated carbocycles. The number of fused-ring (bicyclic) bond motifs is 3. The van der Waals surface area contributed by atoms with Crippen molar-refractivity contribution in [2.24, 2.45) is 17.8 Å². The van der Waals surface area contributed by atoms with Crippen molar-refractivity contribution < 1.29 is 24.2 Å². The third kappa shape index (κ3) is 4.17. The number of hydrogen-bond donors (Lipinski definition) is 1. The van der Waals surface area contributed by atoms with Gasteiger partial charge in [-0.3, -0.25) is 14.4 Å². The van der Waals surface area contributed by atoms with Gasteiger partial charge in [0, 0.05) is 11.8 Å². The molecule has 0 radical (unpaired) electrons. The van der Waals surface area contributed by atoms with Crippen molar-refractivity contribution in [3.63, 3.8) is 0 Å². The number of aromatic nitrogens is 3. The summed E-state index contributed by atoms with van der Waals surface area (Å²) >= 11 is 1.51. The van der Waals surface area contributed by atoms with Crippen LogP contribution in [0, 0.1) is 17.8 Å². The van der Waals surface area contributed by atoms with Gasteiger partial charge in [0.05, 0.1) is 41.4 Å². The number of amides is 2. The number of benzene rings is 1. The number of rotatable bonds is 6. The van der Waals surface area contributed by atoms with Crippen molar-refractivity contribution in [2.45, 2.75) is 55.4 Å². The van der Waals surface area contributed by atoms with Crippen LogP contribution in [0.25, 0.3) is 11.0 Å². The predicted molar refractivity (Wildman–Crippen MR) is 145 cm³/mol. The third-order valence-corrected chi connectivity index (χ3v) is 9.96. The summed E-state index contributed by atoms with van der Waals surface area (Å²) in [4.78, 5) is 45.4. The summed E-state index contributed by atoms with van der Waals surface area (Å²) in [5, 5.41) is 18.7. The molecule has 39 heavy (non-hydrogen) atoms. The first kappa shape index (κ1) is 26.1. The van der Waals surface area contributed by atoms with E-state index in [0.717, 1.165) is 11.0 Å². The average molecular weight is 552 g/mol. The minimum atomic E-state index is -0.958. The van der Waals surface area contributed by atoms with Crippen LogP contribution >= 0.6 is 11.8 Å². The van der Waals surface area contributed by atoms with Crippen LogP contribution < -0.4 is 0 Å². The maximum atomic E-state index is 14.5. The molecule has 2 aromatic rings. The van der Waals surface area contributed by atoms with Crippen molar-refractivity contribution in [3.05, 3.63) is 48.6 Å². The summed E-state index contributed by atoms with van der Waals surface area (Å²) in [5.41, 5.74) is 1.54. The molecule has 1 N–H and O–H groups in total. The summed E-state index contributed by atoms with van der Waals surface area (Å²) in [6, 6.07) is 6.13. The zero-order valence-electron chi connectivity index (χ0n) is 22.1. The summed E-state index contributed by atoms with van der Waals surface area (Å²) in [5.74, 6) is -2.16. The first-order chi connectivity index (χ1) is 18.9. The Bertz CT molecular complexity index is 1360. The molecular weight excluding hydrogens is 518 g/mol. The molecular formula is C28H33N5O5S. The maximum Gasteiger partial charge on any atom is 0.311 e. The lowest BCUT2D eigenvalue weighted by Gasteiger charge is -2.39. The van der Waals surface area contributed by atoms with E-state index in [9.17, 15) is 19.5 Å². The highest BCUT2D eigenvalue weighted by molar-refractivity contribution is 8.02. The summed E-state index contributed by atoms with van der Waals surface area (Å²) in [7, 11) is 0. The lowest BCUT2D eigenvalue weighted by Crippen LogP contribution is -2.56. The SMILES string of the molecule is CC(C)C[C@H](CO)N1C(=O)[C@@H]2[C@@H]3C(=O)OCCC=C[C@@H]3S[C@@]23C=CCN(Cn2nnc4ccccc42)C(=O)C13. The first-order valence-electron chi connectivity index (χ1n) is 13.5. The van der Waals surface area contributed by atoms with E-state index in [4.69, 9.17) is 4.74 Å². The fourth-order valence-electron chi connectivity index (χ4n) is 6.62. The van der Waals surface area contributed by atoms with Crippen molar-refractivity contribution in [2.75, 3.05) is 19.8 Å². The smallest absolute Gasteiger partial charge is 0.311 e. The molecule has 11 heteroatoms. The Kier molecular flexibility index (Phi) is 6.74. The topological polar surface area (TPSA) is 118 Å². The molecule has 6 rings (SSSR count). The molecule has 1 unspecified atom stereocenters. The first-order valence-corrected chi connectivity index (χ1v) is 14.4. The number of carbonyl (C=O) groups excluding carboxylic acids is 3. The van der Waals surface area contributed by atoms with Crippen LogP contribution in [0.3, 0.4) is 0 Å². The number of hydrogen-bond acceptors (Lipinski definition) is 8. The van der Waals surface area contributed by atoms with Gasteiger partial charge in [-0.1, -0.05) is 55.5 Å². The predicted octanol–water partition coefficient (Wildman–Crippen LogP) is 1.99. The van der Waals surface area contributed by atoms with Gasteiger partial charge in [0.25, 0.3) is 0 Å². The molecule has 0 aliphatic carbocycles. The second kappa shape index (κ2) is 10.1. The highest BCUT2D eigenvalue weighted by atomic mass is 32.2. The van der Waals surface area contributed by atoms with E-state index >= 15 is 0 Å². The van der Waals surface area contributed by atoms with Crippen LogP contribution in [0.1, 0.15) is 26.7 Å². The van der Waals surface area contributed by atoms with Gasteiger partial charge in [-0.25, -0.2) is 4.68 Å². The summed E-state index contributed by atoms with van der Waals surface area (Å²) < 4.78 is 6.27. The average Bonchev–Trinajstić information content (AvgIpc) is 3.50. The second-order valence-electron chi connectivity index (χ2n) is 11.1. The molecule has 1 aromatic heterocycles. The van der Waals surface area contributed by atoms with Crippen LogP contribution in [-0.2, 0) is 25.8 Å². The van der Waals surface area contributed by atoms with Crippen molar-refractivity contribution in [1.29, 1.82) is 0 Å². The molecule has 0 bridgehead atoms. The largest absolute Gasteiger partial charge is 0.465 e. The molecule has 4 aliphatic rings. The Hall–Kier alpha value is -3.18. The summed E-state index contributed by atoms with van der Waals surface area (Å²) in [6.45, 7) is 4.54. The van der Waals surface area contributed by atoms with Crippen LogP contribution in [-0.4, -0.2) is 89.5 Å². The van der Waals surface area contributed by atoms with Gasteiger partial charge >= 0.3 is 5.97 Å². The van der Waals surface area contributed by atoms with E-state index in [-0.39, 0.29) is 42.9 Å². The minimum absolute atomic E-state index is 0.163. The molecule has 1 aromatic carbocycles. The number of aliphatic hydroxyl groups excluding tert-OH is 1. The fourth-order valence-corrected chi connectivity index (χ4v) is 8.61. The molecule has 2 amide bonds. The number of nitrogens with zero attached hydrogens (tertiary/aromatic N) is 5. The number of para-hydroxylation sites is 1. The van der Waals surface area contributed by atoms with Crippen molar-refractivity contribution in [1.82, 2.24) is 24.8 Å². The Balaban J connectivity index is 1.43. The standard InChI is InChI=1S/C28H33N5O5S/c1-17(2)14-18(15-34)33-24-26(36)31(16-32-20-9-4-3-8-19(20)29-30-32)12-7-11-28(24)23(25(33)35)22-21(39-28)10-5-6-13-38-27(22)37/h3-5,7-11,17-18,21-24,34H,6,12-16H2,1-2H3/t18-,21+,22-,23+,24?,28+/m1/s1. The molecule has 206 valence electrons. The monoisotopic (exact) mass is 551 g/mol. The molecule has 1 spiro atoms. The van der Waals surface area contributed by atoms with E-state index in [1.807, 2.05) is 62.4 Å². The van der Waals surface area contributed by atoms with Gasteiger partial charge in [0.15, 0.2) is 0 Å². The Labute approximate surface area is 231 Å².